The van der Waals surface area contributed by atoms with Crippen LogP contribution in [0.5, 0.6) is 5.75 Å². The van der Waals surface area contributed by atoms with Gasteiger partial charge in [-0.25, -0.2) is 4.79 Å². The number of rotatable bonds is 4. The van der Waals surface area contributed by atoms with Gasteiger partial charge in [0, 0.05) is 25.2 Å². The van der Waals surface area contributed by atoms with Crippen LogP contribution in [0.15, 0.2) is 40.1 Å². The number of hydrogen-bond acceptors (Lipinski definition) is 3. The number of aromatic nitrogens is 2. The topological polar surface area (TPSA) is 64.1 Å². The van der Waals surface area contributed by atoms with Gasteiger partial charge in [-0.15, -0.1) is 0 Å². The number of ether oxygens (including phenoxy) is 1. The minimum atomic E-state index is -0.406. The summed E-state index contributed by atoms with van der Waals surface area (Å²) in [5, 5.41) is 0. The van der Waals surface area contributed by atoms with Crippen LogP contribution in [0, 0.1) is 0 Å². The largest absolute Gasteiger partial charge is 0.494 e. The third kappa shape index (κ3) is 2.93. The zero-order valence-electron chi connectivity index (χ0n) is 11.0. The van der Waals surface area contributed by atoms with Crippen LogP contribution in [0.4, 0.5) is 0 Å². The summed E-state index contributed by atoms with van der Waals surface area (Å²) in [6, 6.07) is 7.58. The van der Waals surface area contributed by atoms with Crippen molar-refractivity contribution in [1.29, 1.82) is 0 Å². The summed E-state index contributed by atoms with van der Waals surface area (Å²) in [5.41, 5.74) is 0.841. The van der Waals surface area contributed by atoms with E-state index in [2.05, 4.69) is 4.98 Å². The Labute approximate surface area is 110 Å². The molecule has 0 spiro atoms. The quantitative estimate of drug-likeness (QED) is 0.894. The molecular weight excluding hydrogens is 244 g/mol. The predicted molar refractivity (Wildman–Crippen MR) is 72.7 cm³/mol. The Kier molecular flexibility index (Phi) is 3.85. The van der Waals surface area contributed by atoms with E-state index in [9.17, 15) is 9.59 Å². The Balaban J connectivity index is 2.31. The molecule has 0 bridgehead atoms. The third-order valence-corrected chi connectivity index (χ3v) is 2.86. The number of hydrogen-bond donors (Lipinski definition) is 1. The highest BCUT2D eigenvalue weighted by atomic mass is 16.5. The van der Waals surface area contributed by atoms with Gasteiger partial charge >= 0.3 is 5.69 Å². The number of aromatic amines is 1. The first-order chi connectivity index (χ1) is 9.11. The summed E-state index contributed by atoms with van der Waals surface area (Å²) in [6.07, 6.45) is 1.93. The van der Waals surface area contributed by atoms with Gasteiger partial charge in [-0.3, -0.25) is 9.36 Å². The van der Waals surface area contributed by atoms with E-state index in [-0.39, 0.29) is 5.56 Å². The fourth-order valence-corrected chi connectivity index (χ4v) is 1.87. The zero-order chi connectivity index (χ0) is 13.8. The van der Waals surface area contributed by atoms with Crippen LogP contribution in [0.2, 0.25) is 0 Å². The number of nitrogens with zero attached hydrogens (tertiary/aromatic N) is 1. The molecule has 0 amide bonds. The zero-order valence-corrected chi connectivity index (χ0v) is 11.0. The molecule has 0 aliphatic heterocycles. The summed E-state index contributed by atoms with van der Waals surface area (Å²) >= 11 is 0. The highest BCUT2D eigenvalue weighted by Crippen LogP contribution is 2.15. The first kappa shape index (κ1) is 13.1. The Hall–Kier alpha value is -2.30. The van der Waals surface area contributed by atoms with E-state index in [0.29, 0.717) is 18.6 Å². The monoisotopic (exact) mass is 260 g/mol. The highest BCUT2D eigenvalue weighted by molar-refractivity contribution is 5.31. The lowest BCUT2D eigenvalue weighted by Crippen LogP contribution is -2.34. The third-order valence-electron chi connectivity index (χ3n) is 2.86. The van der Waals surface area contributed by atoms with Crippen LogP contribution >= 0.6 is 0 Å². The molecule has 5 nitrogen and oxygen atoms in total. The molecule has 1 heterocycles. The molecule has 19 heavy (non-hydrogen) atoms. The smallest absolute Gasteiger partial charge is 0.328 e. The maximum atomic E-state index is 11.9. The fourth-order valence-electron chi connectivity index (χ4n) is 1.87. The molecule has 2 aromatic rings. The van der Waals surface area contributed by atoms with Crippen molar-refractivity contribution in [2.75, 3.05) is 6.61 Å². The molecule has 1 aromatic heterocycles. The normalized spacial score (nSPS) is 10.4. The van der Waals surface area contributed by atoms with Crippen molar-refractivity contribution in [2.45, 2.75) is 13.3 Å². The van der Waals surface area contributed by atoms with Crippen molar-refractivity contribution in [3.05, 3.63) is 62.4 Å². The average molecular weight is 260 g/mol. The van der Waals surface area contributed by atoms with Crippen molar-refractivity contribution < 1.29 is 4.74 Å². The number of nitrogens with one attached hydrogen (secondary N) is 1. The Morgan fingerprint density at radius 2 is 2.11 bits per heavy atom. The van der Waals surface area contributed by atoms with Gasteiger partial charge in [-0.05, 0) is 24.6 Å². The minimum Gasteiger partial charge on any atom is -0.494 e. The first-order valence-electron chi connectivity index (χ1n) is 6.11. The van der Waals surface area contributed by atoms with Gasteiger partial charge in [-0.2, -0.15) is 0 Å². The lowest BCUT2D eigenvalue weighted by molar-refractivity contribution is 0.340. The second-order valence-electron chi connectivity index (χ2n) is 4.24. The van der Waals surface area contributed by atoms with Crippen molar-refractivity contribution in [1.82, 2.24) is 9.55 Å². The lowest BCUT2D eigenvalue weighted by Gasteiger charge is -2.06. The van der Waals surface area contributed by atoms with Crippen LogP contribution in [0.25, 0.3) is 0 Å². The number of H-pyrrole nitrogens is 1. The maximum Gasteiger partial charge on any atom is 0.328 e. The van der Waals surface area contributed by atoms with E-state index >= 15 is 0 Å². The van der Waals surface area contributed by atoms with E-state index in [1.807, 2.05) is 31.2 Å². The molecular formula is C14H16N2O3. The molecule has 100 valence electrons. The van der Waals surface area contributed by atoms with E-state index in [4.69, 9.17) is 4.74 Å². The maximum absolute atomic E-state index is 11.9. The predicted octanol–water partition coefficient (Wildman–Crippen LogP) is 1.06. The molecule has 0 saturated carbocycles. The molecule has 2 rings (SSSR count). The van der Waals surface area contributed by atoms with Crippen LogP contribution in [-0.4, -0.2) is 16.2 Å². The van der Waals surface area contributed by atoms with Crippen molar-refractivity contribution in [3.8, 4) is 5.75 Å². The van der Waals surface area contributed by atoms with Crippen molar-refractivity contribution in [2.24, 2.45) is 7.05 Å². The summed E-state index contributed by atoms with van der Waals surface area (Å²) in [7, 11) is 1.46. The highest BCUT2D eigenvalue weighted by Gasteiger charge is 2.06. The van der Waals surface area contributed by atoms with Gasteiger partial charge in [0.05, 0.1) is 6.61 Å². The van der Waals surface area contributed by atoms with Crippen LogP contribution in [0.3, 0.4) is 0 Å². The SMILES string of the molecule is CCOc1cccc(Cc2c[nH]c(=O)n(C)c2=O)c1. The Morgan fingerprint density at radius 1 is 1.32 bits per heavy atom. The number of benzene rings is 1. The molecule has 0 saturated heterocycles. The Bertz CT molecular complexity index is 686. The van der Waals surface area contributed by atoms with Crippen LogP contribution in [0.1, 0.15) is 18.1 Å². The molecule has 0 fully saturated rings. The van der Waals surface area contributed by atoms with Gasteiger partial charge in [0.2, 0.25) is 0 Å². The van der Waals surface area contributed by atoms with Crippen LogP contribution < -0.4 is 16.0 Å². The van der Waals surface area contributed by atoms with Gasteiger partial charge < -0.3 is 9.72 Å². The summed E-state index contributed by atoms with van der Waals surface area (Å²) in [4.78, 5) is 25.7. The van der Waals surface area contributed by atoms with Crippen molar-refractivity contribution in [3.63, 3.8) is 0 Å². The van der Waals surface area contributed by atoms with Crippen LogP contribution in [-0.2, 0) is 13.5 Å². The molecule has 5 heteroatoms. The molecule has 0 atom stereocenters. The van der Waals surface area contributed by atoms with E-state index < -0.39 is 5.69 Å². The molecule has 1 N–H and O–H groups in total. The van der Waals surface area contributed by atoms with Gasteiger partial charge in [0.15, 0.2) is 0 Å². The van der Waals surface area contributed by atoms with Gasteiger partial charge in [0.1, 0.15) is 5.75 Å². The average Bonchev–Trinajstić information content (AvgIpc) is 2.40. The summed E-state index contributed by atoms with van der Waals surface area (Å²) in [6.45, 7) is 2.52. The lowest BCUT2D eigenvalue weighted by atomic mass is 10.1. The Morgan fingerprint density at radius 3 is 2.84 bits per heavy atom. The van der Waals surface area contributed by atoms with E-state index in [0.717, 1.165) is 15.9 Å². The first-order valence-corrected chi connectivity index (χ1v) is 6.11. The molecule has 1 aromatic carbocycles. The van der Waals surface area contributed by atoms with Crippen molar-refractivity contribution >= 4 is 0 Å². The fraction of sp³-hybridized carbons (Fsp3) is 0.286. The standard InChI is InChI=1S/C14H16N2O3/c1-3-19-12-6-4-5-10(8-12)7-11-9-15-14(18)16(2)13(11)17/h4-6,8-9H,3,7H2,1-2H3,(H,15,18). The molecule has 0 aliphatic rings. The second-order valence-corrected chi connectivity index (χ2v) is 4.24. The minimum absolute atomic E-state index is 0.273. The van der Waals surface area contributed by atoms with Gasteiger partial charge in [-0.1, -0.05) is 12.1 Å². The van der Waals surface area contributed by atoms with E-state index in [1.54, 1.807) is 0 Å². The second kappa shape index (κ2) is 5.56. The summed E-state index contributed by atoms with van der Waals surface area (Å²) < 4.78 is 6.49. The summed E-state index contributed by atoms with van der Waals surface area (Å²) in [5.74, 6) is 0.779. The van der Waals surface area contributed by atoms with E-state index in [1.165, 1.54) is 13.2 Å². The molecule has 0 aliphatic carbocycles. The molecule has 0 radical (unpaired) electrons. The molecule has 0 unspecified atom stereocenters. The van der Waals surface area contributed by atoms with Gasteiger partial charge in [0.25, 0.3) is 5.56 Å².